The first kappa shape index (κ1) is 24.2. The lowest BCUT2D eigenvalue weighted by Crippen LogP contribution is -2.50. The second-order valence-corrected chi connectivity index (χ2v) is 8.26. The molecule has 0 radical (unpaired) electrons. The summed E-state index contributed by atoms with van der Waals surface area (Å²) < 4.78 is 5.36. The highest BCUT2D eigenvalue weighted by Gasteiger charge is 2.28. The number of ether oxygens (including phenoxy) is 1. The highest BCUT2D eigenvalue weighted by Crippen LogP contribution is 2.24. The van der Waals surface area contributed by atoms with Crippen LogP contribution in [-0.2, 0) is 11.2 Å². The Bertz CT molecular complexity index is 929. The Balaban J connectivity index is 1.37. The predicted molar refractivity (Wildman–Crippen MR) is 130 cm³/mol. The van der Waals surface area contributed by atoms with E-state index in [2.05, 4.69) is 23.5 Å². The highest BCUT2D eigenvalue weighted by atomic mass is 16.5. The number of benzene rings is 2. The lowest BCUT2D eigenvalue weighted by molar-refractivity contribution is -0.134. The summed E-state index contributed by atoms with van der Waals surface area (Å²) in [5.41, 5.74) is 2.18. The molecule has 2 N–H and O–H groups in total. The molecular formula is C27H33N3O3. The second-order valence-electron chi connectivity index (χ2n) is 8.26. The number of carbonyl (C=O) groups excluding carboxylic acids is 2. The van der Waals surface area contributed by atoms with Crippen molar-refractivity contribution in [2.24, 2.45) is 0 Å². The molecule has 0 bridgehead atoms. The molecule has 0 aromatic heterocycles. The van der Waals surface area contributed by atoms with E-state index in [0.29, 0.717) is 19.6 Å². The molecule has 6 heteroatoms. The summed E-state index contributed by atoms with van der Waals surface area (Å²) in [7, 11) is 0. The van der Waals surface area contributed by atoms with Gasteiger partial charge in [0.05, 0.1) is 5.92 Å². The van der Waals surface area contributed by atoms with E-state index < -0.39 is 0 Å². The van der Waals surface area contributed by atoms with Gasteiger partial charge in [0.25, 0.3) is 0 Å². The third-order valence-corrected chi connectivity index (χ3v) is 5.99. The second kappa shape index (κ2) is 12.5. The number of urea groups is 1. The highest BCUT2D eigenvalue weighted by molar-refractivity contribution is 5.83. The van der Waals surface area contributed by atoms with Gasteiger partial charge in [-0.15, -0.1) is 6.42 Å². The van der Waals surface area contributed by atoms with E-state index in [1.165, 1.54) is 0 Å². The first-order valence-electron chi connectivity index (χ1n) is 11.6. The van der Waals surface area contributed by atoms with E-state index in [1.54, 1.807) is 0 Å². The van der Waals surface area contributed by atoms with Crippen LogP contribution in [0, 0.1) is 12.3 Å². The quantitative estimate of drug-likeness (QED) is 0.576. The van der Waals surface area contributed by atoms with E-state index in [9.17, 15) is 9.59 Å². The van der Waals surface area contributed by atoms with Crippen LogP contribution >= 0.6 is 0 Å². The SMILES string of the molecule is C#CCOc1ccc(CCNC(=O)NC2CCN(C(=O)C(CC)c3ccccc3)CC2)cc1. The number of terminal acetylenes is 1. The number of nitrogens with one attached hydrogen (secondary N) is 2. The van der Waals surface area contributed by atoms with Crippen LogP contribution in [-0.4, -0.2) is 49.1 Å². The molecule has 6 nitrogen and oxygen atoms in total. The van der Waals surface area contributed by atoms with Crippen LogP contribution in [0.4, 0.5) is 4.79 Å². The monoisotopic (exact) mass is 447 g/mol. The molecule has 1 fully saturated rings. The average Bonchev–Trinajstić information content (AvgIpc) is 2.85. The number of carbonyl (C=O) groups is 2. The van der Waals surface area contributed by atoms with Crippen molar-refractivity contribution in [2.45, 2.75) is 44.6 Å². The largest absolute Gasteiger partial charge is 0.481 e. The Morgan fingerprint density at radius 3 is 2.45 bits per heavy atom. The summed E-state index contributed by atoms with van der Waals surface area (Å²) in [6.07, 6.45) is 8.23. The molecular weight excluding hydrogens is 414 g/mol. The fourth-order valence-corrected chi connectivity index (χ4v) is 4.14. The number of nitrogens with zero attached hydrogens (tertiary/aromatic N) is 1. The van der Waals surface area contributed by atoms with Crippen molar-refractivity contribution in [3.05, 3.63) is 65.7 Å². The van der Waals surface area contributed by atoms with Crippen molar-refractivity contribution in [2.75, 3.05) is 26.2 Å². The molecule has 3 amide bonds. The van der Waals surface area contributed by atoms with Gasteiger partial charge in [-0.25, -0.2) is 4.79 Å². The summed E-state index contributed by atoms with van der Waals surface area (Å²) in [5.74, 6) is 3.26. The van der Waals surface area contributed by atoms with Gasteiger partial charge in [0, 0.05) is 25.7 Å². The molecule has 0 spiro atoms. The van der Waals surface area contributed by atoms with Gasteiger partial charge in [-0.1, -0.05) is 55.3 Å². The number of piperidine rings is 1. The minimum absolute atomic E-state index is 0.0819. The summed E-state index contributed by atoms with van der Waals surface area (Å²) in [5, 5.41) is 5.97. The number of amides is 3. The first-order chi connectivity index (χ1) is 16.1. The van der Waals surface area contributed by atoms with Gasteiger partial charge in [0.15, 0.2) is 0 Å². The minimum atomic E-state index is -0.163. The van der Waals surface area contributed by atoms with Crippen LogP contribution in [0.2, 0.25) is 0 Å². The van der Waals surface area contributed by atoms with Gasteiger partial charge in [-0.05, 0) is 48.9 Å². The van der Waals surface area contributed by atoms with Crippen molar-refractivity contribution in [1.82, 2.24) is 15.5 Å². The molecule has 0 saturated carbocycles. The standard InChI is InChI=1S/C27H33N3O3/c1-3-20-33-24-12-10-21(11-13-24)14-17-28-27(32)29-23-15-18-30(19-16-23)26(31)25(4-2)22-8-6-5-7-9-22/h1,5-13,23,25H,4,14-20H2,2H3,(H2,28,29,32). The maximum absolute atomic E-state index is 13.0. The molecule has 1 heterocycles. The van der Waals surface area contributed by atoms with Gasteiger partial charge in [-0.2, -0.15) is 0 Å². The fourth-order valence-electron chi connectivity index (χ4n) is 4.14. The Labute approximate surface area is 196 Å². The van der Waals surface area contributed by atoms with Crippen molar-refractivity contribution >= 4 is 11.9 Å². The number of hydrogen-bond acceptors (Lipinski definition) is 3. The van der Waals surface area contributed by atoms with Gasteiger partial charge in [-0.3, -0.25) is 4.79 Å². The van der Waals surface area contributed by atoms with E-state index >= 15 is 0 Å². The molecule has 0 aliphatic carbocycles. The van der Waals surface area contributed by atoms with Gasteiger partial charge in [0.1, 0.15) is 12.4 Å². The molecule has 1 atom stereocenters. The third kappa shape index (κ3) is 7.28. The van der Waals surface area contributed by atoms with Crippen LogP contribution in [0.3, 0.4) is 0 Å². The topological polar surface area (TPSA) is 70.7 Å². The van der Waals surface area contributed by atoms with Gasteiger partial charge < -0.3 is 20.3 Å². The van der Waals surface area contributed by atoms with Gasteiger partial charge >= 0.3 is 6.03 Å². The molecule has 2 aromatic carbocycles. The lowest BCUT2D eigenvalue weighted by atomic mass is 9.93. The molecule has 1 aliphatic heterocycles. The maximum Gasteiger partial charge on any atom is 0.315 e. The normalized spacial score (nSPS) is 14.7. The third-order valence-electron chi connectivity index (χ3n) is 5.99. The molecule has 174 valence electrons. The average molecular weight is 448 g/mol. The number of likely N-dealkylation sites (tertiary alicyclic amines) is 1. The smallest absolute Gasteiger partial charge is 0.315 e. The molecule has 2 aromatic rings. The van der Waals surface area contributed by atoms with Crippen molar-refractivity contribution in [3.8, 4) is 18.1 Å². The van der Waals surface area contributed by atoms with E-state index in [0.717, 1.165) is 42.6 Å². The first-order valence-corrected chi connectivity index (χ1v) is 11.6. The number of rotatable bonds is 9. The zero-order valence-corrected chi connectivity index (χ0v) is 19.3. The zero-order valence-electron chi connectivity index (χ0n) is 19.3. The van der Waals surface area contributed by atoms with Crippen LogP contribution in [0.25, 0.3) is 0 Å². The Morgan fingerprint density at radius 1 is 1.12 bits per heavy atom. The van der Waals surface area contributed by atoms with E-state index in [-0.39, 0.29) is 30.5 Å². The molecule has 1 aliphatic rings. The molecule has 1 unspecified atom stereocenters. The maximum atomic E-state index is 13.0. The summed E-state index contributed by atoms with van der Waals surface area (Å²) >= 11 is 0. The van der Waals surface area contributed by atoms with E-state index in [4.69, 9.17) is 11.2 Å². The van der Waals surface area contributed by atoms with Crippen LogP contribution in [0.1, 0.15) is 43.2 Å². The summed E-state index contributed by atoms with van der Waals surface area (Å²) in [4.78, 5) is 27.2. The van der Waals surface area contributed by atoms with E-state index in [1.807, 2.05) is 59.5 Å². The Hall–Kier alpha value is -3.46. The lowest BCUT2D eigenvalue weighted by Gasteiger charge is -2.34. The van der Waals surface area contributed by atoms with Crippen molar-refractivity contribution in [1.29, 1.82) is 0 Å². The molecule has 33 heavy (non-hydrogen) atoms. The minimum Gasteiger partial charge on any atom is -0.481 e. The van der Waals surface area contributed by atoms with Crippen LogP contribution in [0.5, 0.6) is 5.75 Å². The summed E-state index contributed by atoms with van der Waals surface area (Å²) in [6.45, 7) is 4.18. The Morgan fingerprint density at radius 2 is 1.82 bits per heavy atom. The number of hydrogen-bond donors (Lipinski definition) is 2. The van der Waals surface area contributed by atoms with Crippen molar-refractivity contribution in [3.63, 3.8) is 0 Å². The van der Waals surface area contributed by atoms with Crippen molar-refractivity contribution < 1.29 is 14.3 Å². The van der Waals surface area contributed by atoms with Crippen LogP contribution < -0.4 is 15.4 Å². The molecule has 3 rings (SSSR count). The van der Waals surface area contributed by atoms with Gasteiger partial charge in [0.2, 0.25) is 5.91 Å². The fraction of sp³-hybridized carbons (Fsp3) is 0.407. The zero-order chi connectivity index (χ0) is 23.5. The Kier molecular flexibility index (Phi) is 9.19. The predicted octanol–water partition coefficient (Wildman–Crippen LogP) is 3.73. The van der Waals surface area contributed by atoms with Crippen LogP contribution in [0.15, 0.2) is 54.6 Å². The summed E-state index contributed by atoms with van der Waals surface area (Å²) in [6, 6.07) is 17.6. The molecule has 1 saturated heterocycles.